The van der Waals surface area contributed by atoms with E-state index in [4.69, 9.17) is 9.47 Å². The Hall–Kier alpha value is -3.37. The van der Waals surface area contributed by atoms with Crippen LogP contribution in [0.5, 0.6) is 0 Å². The fourth-order valence-corrected chi connectivity index (χ4v) is 7.14. The van der Waals surface area contributed by atoms with Crippen LogP contribution in [0.15, 0.2) is 36.4 Å². The van der Waals surface area contributed by atoms with Gasteiger partial charge >= 0.3 is 0 Å². The number of hydrogen-bond acceptors (Lipinski definition) is 11. The van der Waals surface area contributed by atoms with Crippen molar-refractivity contribution in [2.45, 2.75) is 86.2 Å². The average Bonchev–Trinajstić information content (AvgIpc) is 3.33. The summed E-state index contributed by atoms with van der Waals surface area (Å²) in [6.45, 7) is 1.53. The number of amides is 1. The Morgan fingerprint density at radius 3 is 1.53 bits per heavy atom. The van der Waals surface area contributed by atoms with Gasteiger partial charge in [0.2, 0.25) is 5.91 Å². The number of likely N-dealkylation sites (tertiary alicyclic amines) is 1. The zero-order valence-corrected chi connectivity index (χ0v) is 25.7. The van der Waals surface area contributed by atoms with Crippen molar-refractivity contribution in [2.24, 2.45) is 0 Å². The van der Waals surface area contributed by atoms with E-state index >= 15 is 0 Å². The van der Waals surface area contributed by atoms with Crippen LogP contribution in [0.2, 0.25) is 0 Å². The molecular weight excluding hydrogens is 610 g/mol. The minimum atomic E-state index is -1.53. The molecule has 3 heterocycles. The molecule has 0 saturated carbocycles. The van der Waals surface area contributed by atoms with Gasteiger partial charge < -0.3 is 55.2 Å². The minimum Gasteiger partial charge on any atom is -0.394 e. The highest BCUT2D eigenvalue weighted by Gasteiger charge is 2.47. The van der Waals surface area contributed by atoms with E-state index in [1.165, 1.54) is 0 Å². The van der Waals surface area contributed by atoms with E-state index in [0.717, 1.165) is 22.3 Å². The van der Waals surface area contributed by atoms with Crippen molar-refractivity contribution in [1.29, 1.82) is 0 Å². The predicted octanol–water partition coefficient (Wildman–Crippen LogP) is -2.02. The van der Waals surface area contributed by atoms with E-state index < -0.39 is 79.7 Å². The molecule has 6 rings (SSSR count). The molecule has 3 saturated heterocycles. The number of nitrogens with zero attached hydrogens (tertiary/aromatic N) is 1. The Morgan fingerprint density at radius 1 is 0.723 bits per heavy atom. The first-order valence-electron chi connectivity index (χ1n) is 15.7. The zero-order chi connectivity index (χ0) is 33.6. The average molecular weight is 650 g/mol. The predicted molar refractivity (Wildman–Crippen MR) is 165 cm³/mol. The number of carbonyl (C=O) groups excluding carboxylic acids is 1. The lowest BCUT2D eigenvalue weighted by Crippen LogP contribution is -2.58. The van der Waals surface area contributed by atoms with Crippen LogP contribution < -0.4 is 0 Å². The summed E-state index contributed by atoms with van der Waals surface area (Å²) in [6, 6.07) is 11.6. The van der Waals surface area contributed by atoms with Gasteiger partial charge in [-0.25, -0.2) is 0 Å². The fourth-order valence-electron chi connectivity index (χ4n) is 7.14. The molecule has 47 heavy (non-hydrogen) atoms. The topological polar surface area (TPSA) is 201 Å². The third-order valence-corrected chi connectivity index (χ3v) is 9.92. The highest BCUT2D eigenvalue weighted by molar-refractivity contribution is 5.83. The van der Waals surface area contributed by atoms with Crippen LogP contribution in [-0.2, 0) is 19.7 Å². The van der Waals surface area contributed by atoms with Gasteiger partial charge in [-0.3, -0.25) is 4.79 Å². The summed E-state index contributed by atoms with van der Waals surface area (Å²) in [5, 5.41) is 80.4. The Morgan fingerprint density at radius 2 is 1.15 bits per heavy atom. The lowest BCUT2D eigenvalue weighted by molar-refractivity contribution is -0.214. The number of fused-ring (bicyclic) bond motifs is 5. The first-order valence-corrected chi connectivity index (χ1v) is 15.7. The lowest BCUT2D eigenvalue weighted by atomic mass is 9.70. The maximum Gasteiger partial charge on any atom is 0.219 e. The second-order valence-corrected chi connectivity index (χ2v) is 12.6. The molecule has 0 radical (unpaired) electrons. The third kappa shape index (κ3) is 5.96. The van der Waals surface area contributed by atoms with Crippen LogP contribution in [0.3, 0.4) is 0 Å². The van der Waals surface area contributed by atoms with Crippen LogP contribution in [0.4, 0.5) is 0 Å². The highest BCUT2D eigenvalue weighted by Crippen LogP contribution is 2.54. The molecule has 250 valence electrons. The maximum absolute atomic E-state index is 12.2. The van der Waals surface area contributed by atoms with Crippen LogP contribution in [-0.4, -0.2) is 139 Å². The zero-order valence-electron chi connectivity index (χ0n) is 25.7. The number of aliphatic hydroxyl groups is 8. The van der Waals surface area contributed by atoms with Gasteiger partial charge in [-0.15, -0.1) is 0 Å². The third-order valence-electron chi connectivity index (χ3n) is 9.92. The molecule has 10 atom stereocenters. The fraction of sp³-hybridized carbons (Fsp3) is 0.514. The van der Waals surface area contributed by atoms with Crippen molar-refractivity contribution < 1.29 is 55.1 Å². The van der Waals surface area contributed by atoms with Crippen LogP contribution >= 0.6 is 0 Å². The number of rotatable bonds is 2. The molecule has 2 aromatic rings. The minimum absolute atomic E-state index is 0.00316. The normalized spacial score (nSPS) is 34.0. The molecule has 0 bridgehead atoms. The standard InChI is InChI=1S/C35H39NO11/c1-18(39)36-12-10-35(11-13-36)23-14-19(4-8-25-29(40)33(44)31(42)27(16-37)46-25)2-6-21(23)22-7-3-20(15-24(22)35)5-9-26-30(41)34(45)32(43)28(17-38)47-26/h2-3,6-7,14-15,25-34,37-38,40-45H,10-13,16-17H2,1H3/t25-,26-,27-,28-,29+,30+,31-,32-,33+,34+/m1/s1. The van der Waals surface area contributed by atoms with Gasteiger partial charge in [0, 0.05) is 36.6 Å². The molecule has 2 aromatic carbocycles. The SMILES string of the molecule is CC(=O)N1CCC2(CC1)c1cc(C#C[C@H]3O[C@H](CO)[C@@H](O)[C@@H](O)[C@H]3O)ccc1-c1ccc(C#C[C@H]3O[C@H](CO)[C@@H](O)[C@@H](O)[C@H]3O)cc12. The van der Waals surface area contributed by atoms with E-state index in [1.54, 1.807) is 6.92 Å². The summed E-state index contributed by atoms with van der Waals surface area (Å²) >= 11 is 0. The van der Waals surface area contributed by atoms with E-state index in [1.807, 2.05) is 41.3 Å². The van der Waals surface area contributed by atoms with E-state index in [2.05, 4.69) is 23.7 Å². The van der Waals surface area contributed by atoms with Crippen molar-refractivity contribution in [2.75, 3.05) is 26.3 Å². The van der Waals surface area contributed by atoms with Crippen molar-refractivity contribution in [3.63, 3.8) is 0 Å². The van der Waals surface area contributed by atoms with Gasteiger partial charge in [0.15, 0.2) is 0 Å². The van der Waals surface area contributed by atoms with Gasteiger partial charge in [-0.2, -0.15) is 0 Å². The van der Waals surface area contributed by atoms with Gasteiger partial charge in [0.25, 0.3) is 0 Å². The van der Waals surface area contributed by atoms with Crippen LogP contribution in [0.1, 0.15) is 42.0 Å². The molecule has 3 fully saturated rings. The van der Waals surface area contributed by atoms with Crippen molar-refractivity contribution in [1.82, 2.24) is 4.90 Å². The summed E-state index contributed by atoms with van der Waals surface area (Å²) in [5.74, 6) is 11.7. The Bertz CT molecular complexity index is 1520. The van der Waals surface area contributed by atoms with E-state index in [0.29, 0.717) is 37.1 Å². The molecule has 12 nitrogen and oxygen atoms in total. The van der Waals surface area contributed by atoms with Gasteiger partial charge in [-0.1, -0.05) is 35.8 Å². The number of ether oxygens (including phenoxy) is 2. The summed E-state index contributed by atoms with van der Waals surface area (Å²) in [5.41, 5.74) is 4.84. The molecule has 0 unspecified atom stereocenters. The highest BCUT2D eigenvalue weighted by atomic mass is 16.5. The summed E-state index contributed by atoms with van der Waals surface area (Å²) < 4.78 is 11.1. The molecule has 12 heteroatoms. The molecule has 8 N–H and O–H groups in total. The number of carbonyl (C=O) groups is 1. The Balaban J connectivity index is 1.34. The number of benzene rings is 2. The number of aliphatic hydroxyl groups excluding tert-OH is 8. The Kier molecular flexibility index (Phi) is 9.46. The summed E-state index contributed by atoms with van der Waals surface area (Å²) in [6.07, 6.45) is -12.0. The smallest absolute Gasteiger partial charge is 0.219 e. The number of hydrogen-bond donors (Lipinski definition) is 8. The second kappa shape index (κ2) is 13.3. The Labute approximate surface area is 271 Å². The first kappa shape index (κ1) is 33.5. The maximum atomic E-state index is 12.2. The van der Waals surface area contributed by atoms with Crippen LogP contribution in [0, 0.1) is 23.7 Å². The molecule has 1 amide bonds. The lowest BCUT2D eigenvalue weighted by Gasteiger charge is -2.40. The molecule has 1 aliphatic carbocycles. The second-order valence-electron chi connectivity index (χ2n) is 12.6. The summed E-state index contributed by atoms with van der Waals surface area (Å²) in [4.78, 5) is 14.0. The molecule has 0 aromatic heterocycles. The van der Waals surface area contributed by atoms with E-state index in [9.17, 15) is 45.6 Å². The summed E-state index contributed by atoms with van der Waals surface area (Å²) in [7, 11) is 0. The monoisotopic (exact) mass is 649 g/mol. The largest absolute Gasteiger partial charge is 0.394 e. The molecule has 1 spiro atoms. The quantitative estimate of drug-likeness (QED) is 0.167. The molecular formula is C35H39NO11. The van der Waals surface area contributed by atoms with Gasteiger partial charge in [0.1, 0.15) is 61.0 Å². The molecule has 4 aliphatic rings. The van der Waals surface area contributed by atoms with Crippen LogP contribution in [0.25, 0.3) is 11.1 Å². The van der Waals surface area contributed by atoms with E-state index in [-0.39, 0.29) is 5.91 Å². The number of piperidine rings is 1. The van der Waals surface area contributed by atoms with Gasteiger partial charge in [0.05, 0.1) is 13.2 Å². The van der Waals surface area contributed by atoms with Crippen molar-refractivity contribution >= 4 is 5.91 Å². The molecule has 3 aliphatic heterocycles. The van der Waals surface area contributed by atoms with Crippen molar-refractivity contribution in [3.05, 3.63) is 58.7 Å². The van der Waals surface area contributed by atoms with Crippen molar-refractivity contribution in [3.8, 4) is 34.8 Å². The van der Waals surface area contributed by atoms with Gasteiger partial charge in [-0.05, 0) is 59.4 Å². The first-order chi connectivity index (χ1) is 22.5.